The van der Waals surface area contributed by atoms with Gasteiger partial charge in [-0.15, -0.1) is 5.10 Å². The van der Waals surface area contributed by atoms with E-state index in [9.17, 15) is 4.79 Å². The van der Waals surface area contributed by atoms with Crippen LogP contribution in [-0.2, 0) is 0 Å². The molecule has 1 aliphatic carbocycles. The van der Waals surface area contributed by atoms with Crippen molar-refractivity contribution in [3.63, 3.8) is 0 Å². The van der Waals surface area contributed by atoms with Crippen LogP contribution in [0.1, 0.15) is 42.7 Å². The molecule has 2 aromatic carbocycles. The first-order valence-corrected chi connectivity index (χ1v) is 10.6. The Morgan fingerprint density at radius 3 is 2.38 bits per heavy atom. The van der Waals surface area contributed by atoms with Gasteiger partial charge in [0, 0.05) is 16.6 Å². The molecule has 29 heavy (non-hydrogen) atoms. The van der Waals surface area contributed by atoms with Crippen LogP contribution >= 0.6 is 34.8 Å². The highest BCUT2D eigenvalue weighted by Crippen LogP contribution is 2.28. The van der Waals surface area contributed by atoms with E-state index < -0.39 is 0 Å². The highest BCUT2D eigenvalue weighted by atomic mass is 35.5. The third-order valence-corrected chi connectivity index (χ3v) is 5.99. The second-order valence-electron chi connectivity index (χ2n) is 7.08. The Labute approximate surface area is 184 Å². The minimum Gasteiger partial charge on any atom is -0.347 e. The predicted octanol–water partition coefficient (Wildman–Crippen LogP) is 5.96. The van der Waals surface area contributed by atoms with E-state index >= 15 is 0 Å². The molecule has 1 N–H and O–H groups in total. The first-order chi connectivity index (χ1) is 14.0. The molecule has 0 saturated heterocycles. The van der Waals surface area contributed by atoms with E-state index in [1.807, 2.05) is 12.1 Å². The summed E-state index contributed by atoms with van der Waals surface area (Å²) in [6.45, 7) is 0. The molecular formula is C21H19Cl3N4O. The zero-order valence-corrected chi connectivity index (χ0v) is 17.8. The molecule has 150 valence electrons. The van der Waals surface area contributed by atoms with Crippen LogP contribution in [-0.4, -0.2) is 26.7 Å². The zero-order valence-electron chi connectivity index (χ0n) is 15.5. The van der Waals surface area contributed by atoms with Gasteiger partial charge >= 0.3 is 0 Å². The molecule has 1 saturated carbocycles. The van der Waals surface area contributed by atoms with Crippen molar-refractivity contribution in [2.45, 2.75) is 38.1 Å². The first-order valence-electron chi connectivity index (χ1n) is 9.50. The number of hydrogen-bond donors (Lipinski definition) is 1. The number of amides is 1. The molecule has 1 heterocycles. The molecule has 0 bridgehead atoms. The second-order valence-corrected chi connectivity index (χ2v) is 8.34. The zero-order chi connectivity index (χ0) is 20.4. The number of benzene rings is 2. The van der Waals surface area contributed by atoms with Crippen molar-refractivity contribution >= 4 is 40.7 Å². The Balaban J connectivity index is 1.72. The van der Waals surface area contributed by atoms with Crippen LogP contribution in [0.2, 0.25) is 15.1 Å². The summed E-state index contributed by atoms with van der Waals surface area (Å²) in [6, 6.07) is 12.6. The standard InChI is InChI=1S/C21H19Cl3N4O/c22-14-8-6-13(7-9-14)20-26-19(21(29)25-15-4-2-1-3-5-15)27-28(20)16-10-11-17(23)18(24)12-16/h6-12,15H,1-5H2,(H,25,29). The van der Waals surface area contributed by atoms with Gasteiger partial charge in [-0.3, -0.25) is 4.79 Å². The number of carbonyl (C=O) groups is 1. The van der Waals surface area contributed by atoms with E-state index in [-0.39, 0.29) is 17.8 Å². The minimum atomic E-state index is -0.272. The Hall–Kier alpha value is -2.08. The summed E-state index contributed by atoms with van der Waals surface area (Å²) >= 11 is 18.3. The monoisotopic (exact) mass is 448 g/mol. The number of carbonyl (C=O) groups excluding carboxylic acids is 1. The number of nitrogens with one attached hydrogen (secondary N) is 1. The largest absolute Gasteiger partial charge is 0.347 e. The molecule has 0 unspecified atom stereocenters. The lowest BCUT2D eigenvalue weighted by molar-refractivity contribution is 0.0917. The van der Waals surface area contributed by atoms with Crippen molar-refractivity contribution in [1.82, 2.24) is 20.1 Å². The van der Waals surface area contributed by atoms with Crippen LogP contribution in [0.4, 0.5) is 0 Å². The summed E-state index contributed by atoms with van der Waals surface area (Å²) in [5, 5.41) is 8.99. The third kappa shape index (κ3) is 4.58. The number of aromatic nitrogens is 3. The summed E-state index contributed by atoms with van der Waals surface area (Å²) in [6.07, 6.45) is 5.46. The van der Waals surface area contributed by atoms with Gasteiger partial charge in [-0.05, 0) is 55.3 Å². The van der Waals surface area contributed by atoms with Gasteiger partial charge < -0.3 is 5.32 Å². The maximum Gasteiger partial charge on any atom is 0.291 e. The molecule has 0 aliphatic heterocycles. The lowest BCUT2D eigenvalue weighted by Crippen LogP contribution is -2.36. The number of hydrogen-bond acceptors (Lipinski definition) is 3. The summed E-state index contributed by atoms with van der Waals surface area (Å²) < 4.78 is 1.60. The summed E-state index contributed by atoms with van der Waals surface area (Å²) in [4.78, 5) is 17.3. The lowest BCUT2D eigenvalue weighted by atomic mass is 9.95. The van der Waals surface area contributed by atoms with E-state index in [1.54, 1.807) is 35.0 Å². The van der Waals surface area contributed by atoms with E-state index in [0.717, 1.165) is 31.2 Å². The average Bonchev–Trinajstić information content (AvgIpc) is 3.17. The normalized spacial score (nSPS) is 14.7. The van der Waals surface area contributed by atoms with Crippen molar-refractivity contribution in [2.24, 2.45) is 0 Å². The molecule has 1 amide bonds. The maximum absolute atomic E-state index is 12.8. The van der Waals surface area contributed by atoms with E-state index in [0.29, 0.717) is 26.6 Å². The van der Waals surface area contributed by atoms with Crippen molar-refractivity contribution in [3.8, 4) is 17.1 Å². The molecule has 1 fully saturated rings. The van der Waals surface area contributed by atoms with Crippen molar-refractivity contribution < 1.29 is 4.79 Å². The van der Waals surface area contributed by atoms with E-state index in [2.05, 4.69) is 15.4 Å². The fourth-order valence-electron chi connectivity index (χ4n) is 3.49. The topological polar surface area (TPSA) is 59.8 Å². The molecular weight excluding hydrogens is 431 g/mol. The van der Waals surface area contributed by atoms with E-state index in [4.69, 9.17) is 34.8 Å². The summed E-state index contributed by atoms with van der Waals surface area (Å²) in [5.74, 6) is 0.367. The van der Waals surface area contributed by atoms with E-state index in [1.165, 1.54) is 6.42 Å². The molecule has 0 radical (unpaired) electrons. The van der Waals surface area contributed by atoms with Gasteiger partial charge in [0.05, 0.1) is 15.7 Å². The maximum atomic E-state index is 12.8. The molecule has 0 atom stereocenters. The highest BCUT2D eigenvalue weighted by molar-refractivity contribution is 6.42. The van der Waals surface area contributed by atoms with Crippen molar-refractivity contribution in [2.75, 3.05) is 0 Å². The van der Waals surface area contributed by atoms with Crippen LogP contribution in [0.25, 0.3) is 17.1 Å². The first kappa shape index (κ1) is 20.2. The molecule has 8 heteroatoms. The van der Waals surface area contributed by atoms with Gasteiger partial charge in [0.25, 0.3) is 5.91 Å². The van der Waals surface area contributed by atoms with Gasteiger partial charge in [-0.2, -0.15) is 0 Å². The SMILES string of the molecule is O=C(NC1CCCCC1)c1nc(-c2ccc(Cl)cc2)n(-c2ccc(Cl)c(Cl)c2)n1. The van der Waals surface area contributed by atoms with Crippen LogP contribution in [0.5, 0.6) is 0 Å². The minimum absolute atomic E-state index is 0.117. The lowest BCUT2D eigenvalue weighted by Gasteiger charge is -2.21. The quantitative estimate of drug-likeness (QED) is 0.535. The number of nitrogens with zero attached hydrogens (tertiary/aromatic N) is 3. The third-order valence-electron chi connectivity index (χ3n) is 5.00. The van der Waals surface area contributed by atoms with Crippen molar-refractivity contribution in [3.05, 3.63) is 63.4 Å². The number of rotatable bonds is 4. The Bertz CT molecular complexity index is 1030. The fraction of sp³-hybridized carbons (Fsp3) is 0.286. The fourth-order valence-corrected chi connectivity index (χ4v) is 3.91. The van der Waals surface area contributed by atoms with Crippen LogP contribution in [0, 0.1) is 0 Å². The van der Waals surface area contributed by atoms with Gasteiger partial charge in [0.1, 0.15) is 0 Å². The van der Waals surface area contributed by atoms with Crippen LogP contribution < -0.4 is 5.32 Å². The molecule has 5 nitrogen and oxygen atoms in total. The van der Waals surface area contributed by atoms with Gasteiger partial charge in [0.15, 0.2) is 5.82 Å². The van der Waals surface area contributed by atoms with Gasteiger partial charge in [-0.25, -0.2) is 9.67 Å². The summed E-state index contributed by atoms with van der Waals surface area (Å²) in [7, 11) is 0. The van der Waals surface area contributed by atoms with Gasteiger partial charge in [0.2, 0.25) is 5.82 Å². The second kappa shape index (κ2) is 8.74. The average molecular weight is 450 g/mol. The Morgan fingerprint density at radius 2 is 1.69 bits per heavy atom. The van der Waals surface area contributed by atoms with Crippen LogP contribution in [0.3, 0.4) is 0 Å². The molecule has 0 spiro atoms. The smallest absolute Gasteiger partial charge is 0.291 e. The summed E-state index contributed by atoms with van der Waals surface area (Å²) in [5.41, 5.74) is 1.44. The molecule has 1 aromatic heterocycles. The van der Waals surface area contributed by atoms with Crippen molar-refractivity contribution in [1.29, 1.82) is 0 Å². The Morgan fingerprint density at radius 1 is 0.966 bits per heavy atom. The van der Waals surface area contributed by atoms with Crippen LogP contribution in [0.15, 0.2) is 42.5 Å². The molecule has 4 rings (SSSR count). The molecule has 3 aromatic rings. The van der Waals surface area contributed by atoms with Gasteiger partial charge in [-0.1, -0.05) is 54.1 Å². The Kier molecular flexibility index (Phi) is 6.09. The highest BCUT2D eigenvalue weighted by Gasteiger charge is 2.22. The number of halogens is 3. The predicted molar refractivity (Wildman–Crippen MR) is 116 cm³/mol. The molecule has 1 aliphatic rings.